The summed E-state index contributed by atoms with van der Waals surface area (Å²) in [7, 11) is 0. The summed E-state index contributed by atoms with van der Waals surface area (Å²) >= 11 is 0. The van der Waals surface area contributed by atoms with Gasteiger partial charge >= 0.3 is 12.1 Å². The summed E-state index contributed by atoms with van der Waals surface area (Å²) in [5.41, 5.74) is 0.0850. The molecule has 39 heavy (non-hydrogen) atoms. The van der Waals surface area contributed by atoms with E-state index in [2.05, 4.69) is 10.1 Å². The number of alkyl halides is 3. The molecule has 0 spiro atoms. The van der Waals surface area contributed by atoms with Gasteiger partial charge in [-0.1, -0.05) is 66.7 Å². The van der Waals surface area contributed by atoms with Crippen molar-refractivity contribution in [3.63, 3.8) is 0 Å². The largest absolute Gasteiger partial charge is 0.450 e. The molecule has 4 rings (SSSR count). The van der Waals surface area contributed by atoms with Crippen LogP contribution in [0.1, 0.15) is 42.5 Å². The molecule has 0 fully saturated rings. The molecule has 10 heteroatoms. The van der Waals surface area contributed by atoms with E-state index in [4.69, 9.17) is 4.74 Å². The fraction of sp³-hybridized carbons (Fsp3) is 0.241. The van der Waals surface area contributed by atoms with Crippen LogP contribution in [0.5, 0.6) is 0 Å². The summed E-state index contributed by atoms with van der Waals surface area (Å²) in [5.74, 6) is -1.63. The van der Waals surface area contributed by atoms with Crippen molar-refractivity contribution < 1.29 is 27.5 Å². The average molecular weight is 537 g/mol. The van der Waals surface area contributed by atoms with Crippen LogP contribution in [-0.2, 0) is 22.3 Å². The van der Waals surface area contributed by atoms with Gasteiger partial charge < -0.3 is 9.64 Å². The molecule has 4 aromatic rings. The fourth-order valence-electron chi connectivity index (χ4n) is 3.90. The second-order valence-corrected chi connectivity index (χ2v) is 9.80. The number of benzene rings is 3. The second-order valence-electron chi connectivity index (χ2n) is 9.80. The molecule has 202 valence electrons. The van der Waals surface area contributed by atoms with Crippen molar-refractivity contribution in [2.24, 2.45) is 0 Å². The first-order valence-corrected chi connectivity index (χ1v) is 12.1. The molecule has 0 saturated heterocycles. The Hall–Kier alpha value is -4.47. The van der Waals surface area contributed by atoms with Crippen molar-refractivity contribution in [1.82, 2.24) is 19.7 Å². The van der Waals surface area contributed by atoms with Gasteiger partial charge in [-0.15, -0.1) is 5.10 Å². The molecule has 0 atom stereocenters. The SMILES string of the molecule is CC(C)(C)N(Cc1ccccc1)C(=O)COC(=O)c1nc(-c2ccccc2)n(-c2cccc(C(F)(F)F)c2)n1. The van der Waals surface area contributed by atoms with E-state index in [1.807, 2.05) is 51.1 Å². The number of rotatable bonds is 7. The van der Waals surface area contributed by atoms with Gasteiger partial charge in [0.05, 0.1) is 11.3 Å². The van der Waals surface area contributed by atoms with E-state index >= 15 is 0 Å². The molecule has 1 amide bonds. The third kappa shape index (κ3) is 6.70. The van der Waals surface area contributed by atoms with Crippen molar-refractivity contribution >= 4 is 11.9 Å². The number of aromatic nitrogens is 3. The van der Waals surface area contributed by atoms with Crippen molar-refractivity contribution in [2.45, 2.75) is 39.0 Å². The van der Waals surface area contributed by atoms with E-state index in [0.717, 1.165) is 22.4 Å². The maximum atomic E-state index is 13.3. The average Bonchev–Trinajstić information content (AvgIpc) is 3.36. The molecule has 0 aliphatic rings. The summed E-state index contributed by atoms with van der Waals surface area (Å²) in [6.45, 7) is 5.39. The van der Waals surface area contributed by atoms with E-state index in [1.54, 1.807) is 35.2 Å². The number of hydrogen-bond donors (Lipinski definition) is 0. The van der Waals surface area contributed by atoms with Crippen LogP contribution in [0.4, 0.5) is 13.2 Å². The molecule has 1 heterocycles. The Morgan fingerprint density at radius 2 is 1.54 bits per heavy atom. The third-order valence-corrected chi connectivity index (χ3v) is 5.86. The summed E-state index contributed by atoms with van der Waals surface area (Å²) in [4.78, 5) is 31.9. The van der Waals surface area contributed by atoms with E-state index in [9.17, 15) is 22.8 Å². The quantitative estimate of drug-likeness (QED) is 0.273. The molecule has 3 aromatic carbocycles. The Bertz CT molecular complexity index is 1450. The first kappa shape index (κ1) is 27.6. The minimum atomic E-state index is -4.57. The molecule has 0 aliphatic heterocycles. The highest BCUT2D eigenvalue weighted by molar-refractivity contribution is 5.88. The van der Waals surface area contributed by atoms with Crippen LogP contribution >= 0.6 is 0 Å². The first-order chi connectivity index (χ1) is 18.4. The number of carbonyl (C=O) groups excluding carboxylic acids is 2. The van der Waals surface area contributed by atoms with Crippen LogP contribution in [0.2, 0.25) is 0 Å². The Labute approximate surface area is 223 Å². The van der Waals surface area contributed by atoms with Crippen LogP contribution in [-0.4, -0.2) is 43.7 Å². The maximum Gasteiger partial charge on any atom is 0.416 e. The highest BCUT2D eigenvalue weighted by atomic mass is 19.4. The van der Waals surface area contributed by atoms with Crippen molar-refractivity contribution in [2.75, 3.05) is 6.61 Å². The Kier molecular flexibility index (Phi) is 7.85. The number of halogens is 3. The zero-order chi connectivity index (χ0) is 28.2. The van der Waals surface area contributed by atoms with Crippen molar-refractivity contribution in [3.05, 3.63) is 102 Å². The standard InChI is InChI=1S/C29H27F3N4O3/c1-28(2,3)35(18-20-11-6-4-7-12-20)24(37)19-39-27(38)25-33-26(21-13-8-5-9-14-21)36(34-25)23-16-10-15-22(17-23)29(30,31)32/h4-17H,18-19H2,1-3H3. The number of nitrogens with zero attached hydrogens (tertiary/aromatic N) is 4. The fourth-order valence-corrected chi connectivity index (χ4v) is 3.90. The van der Waals surface area contributed by atoms with Gasteiger partial charge in [-0.3, -0.25) is 4.79 Å². The lowest BCUT2D eigenvalue weighted by Crippen LogP contribution is -2.46. The number of carbonyl (C=O) groups is 2. The van der Waals surface area contributed by atoms with E-state index in [0.29, 0.717) is 12.1 Å². The predicted molar refractivity (Wildman–Crippen MR) is 139 cm³/mol. The minimum absolute atomic E-state index is 0.0630. The zero-order valence-electron chi connectivity index (χ0n) is 21.6. The summed E-state index contributed by atoms with van der Waals surface area (Å²) in [6.07, 6.45) is -4.57. The smallest absolute Gasteiger partial charge is 0.416 e. The molecular weight excluding hydrogens is 509 g/mol. The Morgan fingerprint density at radius 3 is 2.15 bits per heavy atom. The number of hydrogen-bond acceptors (Lipinski definition) is 5. The second kappa shape index (κ2) is 11.1. The number of esters is 1. The molecule has 0 aliphatic carbocycles. The molecule has 1 aromatic heterocycles. The molecular formula is C29H27F3N4O3. The highest BCUT2D eigenvalue weighted by Gasteiger charge is 2.31. The third-order valence-electron chi connectivity index (χ3n) is 5.86. The van der Waals surface area contributed by atoms with Gasteiger partial charge in [0.15, 0.2) is 12.4 Å². The topological polar surface area (TPSA) is 77.3 Å². The molecule has 0 radical (unpaired) electrons. The van der Waals surface area contributed by atoms with Crippen LogP contribution < -0.4 is 0 Å². The molecule has 0 saturated carbocycles. The van der Waals surface area contributed by atoms with Crippen LogP contribution in [0, 0.1) is 0 Å². The molecule has 0 N–H and O–H groups in total. The van der Waals surface area contributed by atoms with E-state index in [-0.39, 0.29) is 17.3 Å². The van der Waals surface area contributed by atoms with Crippen molar-refractivity contribution in [3.8, 4) is 17.1 Å². The van der Waals surface area contributed by atoms with Gasteiger partial charge in [0, 0.05) is 17.6 Å². The van der Waals surface area contributed by atoms with Crippen LogP contribution in [0.3, 0.4) is 0 Å². The van der Waals surface area contributed by atoms with Gasteiger partial charge in [0.1, 0.15) is 0 Å². The van der Waals surface area contributed by atoms with Crippen LogP contribution in [0.15, 0.2) is 84.9 Å². The van der Waals surface area contributed by atoms with Crippen molar-refractivity contribution in [1.29, 1.82) is 0 Å². The molecule has 7 nitrogen and oxygen atoms in total. The summed E-state index contributed by atoms with van der Waals surface area (Å²) in [6, 6.07) is 22.6. The zero-order valence-corrected chi connectivity index (χ0v) is 21.6. The Balaban J connectivity index is 1.59. The van der Waals surface area contributed by atoms with Gasteiger partial charge in [-0.25, -0.2) is 14.5 Å². The molecule has 0 bridgehead atoms. The van der Waals surface area contributed by atoms with Gasteiger partial charge in [-0.2, -0.15) is 13.2 Å². The summed E-state index contributed by atoms with van der Waals surface area (Å²) < 4.78 is 46.5. The number of ether oxygens (including phenoxy) is 1. The molecule has 0 unspecified atom stereocenters. The lowest BCUT2D eigenvalue weighted by atomic mass is 10.0. The van der Waals surface area contributed by atoms with E-state index < -0.39 is 35.8 Å². The number of amides is 1. The lowest BCUT2D eigenvalue weighted by Gasteiger charge is -2.35. The minimum Gasteiger partial charge on any atom is -0.450 e. The normalized spacial score (nSPS) is 11.7. The monoisotopic (exact) mass is 536 g/mol. The lowest BCUT2D eigenvalue weighted by molar-refractivity contribution is -0.140. The maximum absolute atomic E-state index is 13.3. The van der Waals surface area contributed by atoms with Gasteiger partial charge in [0.2, 0.25) is 0 Å². The Morgan fingerprint density at radius 1 is 0.897 bits per heavy atom. The predicted octanol–water partition coefficient (Wildman–Crippen LogP) is 5.94. The van der Waals surface area contributed by atoms with Gasteiger partial charge in [0.25, 0.3) is 11.7 Å². The van der Waals surface area contributed by atoms with E-state index in [1.165, 1.54) is 12.1 Å². The van der Waals surface area contributed by atoms with Crippen LogP contribution in [0.25, 0.3) is 17.1 Å². The highest BCUT2D eigenvalue weighted by Crippen LogP contribution is 2.31. The van der Waals surface area contributed by atoms with Gasteiger partial charge in [-0.05, 0) is 44.5 Å². The summed E-state index contributed by atoms with van der Waals surface area (Å²) in [5, 5.41) is 4.16. The first-order valence-electron chi connectivity index (χ1n) is 12.1.